The lowest BCUT2D eigenvalue weighted by atomic mass is 9.62. The number of nitrogens with zero attached hydrogens (tertiary/aromatic N) is 1. The Labute approximate surface area is 192 Å². The number of aromatic nitrogens is 1. The van der Waals surface area contributed by atoms with Gasteiger partial charge in [-0.2, -0.15) is 0 Å². The average molecular weight is 483 g/mol. The van der Waals surface area contributed by atoms with Gasteiger partial charge in [-0.05, 0) is 31.1 Å². The number of carbonyl (C=O) groups excluding carboxylic acids is 1. The van der Waals surface area contributed by atoms with Crippen molar-refractivity contribution in [3.8, 4) is 16.9 Å². The highest BCUT2D eigenvalue weighted by molar-refractivity contribution is 5.83. The highest BCUT2D eigenvalue weighted by Crippen LogP contribution is 2.54. The molecule has 1 N–H and O–H groups in total. The Kier molecular flexibility index (Phi) is 5.91. The number of cyclic esters (lactones) is 1. The Balaban J connectivity index is 1.60. The molecule has 4 rings (SSSR count). The van der Waals surface area contributed by atoms with E-state index in [0.29, 0.717) is 11.3 Å². The van der Waals surface area contributed by atoms with E-state index in [2.05, 4.69) is 9.72 Å². The fourth-order valence-electron chi connectivity index (χ4n) is 4.88. The van der Waals surface area contributed by atoms with Gasteiger partial charge in [-0.15, -0.1) is 13.2 Å². The number of fused-ring (bicyclic) bond motifs is 1. The molecule has 0 bridgehead atoms. The first kappa shape index (κ1) is 24.1. The zero-order valence-corrected chi connectivity index (χ0v) is 18.2. The molecule has 1 saturated heterocycles. The maximum atomic E-state index is 14.6. The molecule has 1 aromatic carbocycles. The zero-order chi connectivity index (χ0) is 24.9. The van der Waals surface area contributed by atoms with Crippen LogP contribution in [0.2, 0.25) is 0 Å². The molecule has 0 amide bonds. The van der Waals surface area contributed by atoms with Gasteiger partial charge in [-0.3, -0.25) is 4.98 Å². The van der Waals surface area contributed by atoms with E-state index in [9.17, 15) is 31.9 Å². The second-order valence-corrected chi connectivity index (χ2v) is 8.74. The van der Waals surface area contributed by atoms with Crippen molar-refractivity contribution in [1.82, 2.24) is 4.98 Å². The van der Waals surface area contributed by atoms with Crippen LogP contribution in [0.4, 0.5) is 22.0 Å². The Bertz CT molecular complexity index is 1100. The summed E-state index contributed by atoms with van der Waals surface area (Å²) in [5.41, 5.74) is -1.36. The van der Waals surface area contributed by atoms with Crippen LogP contribution in [-0.4, -0.2) is 40.0 Å². The van der Waals surface area contributed by atoms with Gasteiger partial charge >= 0.3 is 12.3 Å². The number of halogens is 5. The minimum atomic E-state index is -4.85. The van der Waals surface area contributed by atoms with Crippen LogP contribution < -0.4 is 4.74 Å². The molecule has 2 fully saturated rings. The highest BCUT2D eigenvalue weighted by Gasteiger charge is 2.67. The van der Waals surface area contributed by atoms with Crippen LogP contribution in [0, 0.1) is 17.8 Å². The average Bonchev–Trinajstić information content (AvgIpc) is 2.95. The number of ether oxygens (including phenoxy) is 2. The second kappa shape index (κ2) is 8.33. The van der Waals surface area contributed by atoms with Crippen LogP contribution in [0.25, 0.3) is 17.2 Å². The smallest absolute Gasteiger partial charge is 0.460 e. The summed E-state index contributed by atoms with van der Waals surface area (Å²) in [5.74, 6) is -7.61. The van der Waals surface area contributed by atoms with Crippen molar-refractivity contribution in [2.24, 2.45) is 17.8 Å². The summed E-state index contributed by atoms with van der Waals surface area (Å²) in [4.78, 5) is 16.3. The standard InChI is InChI=1S/C24H22F5NO4/c1-13-17(20-14(2)33-21(31)22(20,32)12-23(13,25)26)10-9-16-8-7-15(11-30-16)18-5-3-4-6-19(18)34-24(27,28)29/h3-11,13-14,17,20,32H,12H2,1-2H3/b10-9+/t13-,14+,17-,20?,22-/m0/s1. The van der Waals surface area contributed by atoms with Crippen molar-refractivity contribution < 1.29 is 41.3 Å². The maximum Gasteiger partial charge on any atom is 0.573 e. The largest absolute Gasteiger partial charge is 0.573 e. The van der Waals surface area contributed by atoms with Gasteiger partial charge in [0.25, 0.3) is 5.92 Å². The van der Waals surface area contributed by atoms with Gasteiger partial charge in [0.2, 0.25) is 0 Å². The van der Waals surface area contributed by atoms with E-state index in [-0.39, 0.29) is 11.3 Å². The third-order valence-corrected chi connectivity index (χ3v) is 6.57. The number of hydrogen-bond donors (Lipinski definition) is 1. The molecule has 0 spiro atoms. The summed E-state index contributed by atoms with van der Waals surface area (Å²) in [6.07, 6.45) is -2.28. The summed E-state index contributed by atoms with van der Waals surface area (Å²) >= 11 is 0. The third kappa shape index (κ3) is 4.38. The van der Waals surface area contributed by atoms with Crippen LogP contribution >= 0.6 is 0 Å². The molecule has 2 aliphatic rings. The highest BCUT2D eigenvalue weighted by atomic mass is 19.4. The molecular formula is C24H22F5NO4. The molecule has 1 aliphatic heterocycles. The van der Waals surface area contributed by atoms with Crippen molar-refractivity contribution in [3.63, 3.8) is 0 Å². The first-order valence-corrected chi connectivity index (χ1v) is 10.6. The molecule has 2 aromatic rings. The normalized spacial score (nSPS) is 30.8. The van der Waals surface area contributed by atoms with E-state index in [1.165, 1.54) is 55.6 Å². The topological polar surface area (TPSA) is 68.7 Å². The first-order chi connectivity index (χ1) is 15.8. The van der Waals surface area contributed by atoms with Gasteiger partial charge in [0.05, 0.1) is 12.1 Å². The summed E-state index contributed by atoms with van der Waals surface area (Å²) < 4.78 is 76.5. The summed E-state index contributed by atoms with van der Waals surface area (Å²) in [7, 11) is 0. The second-order valence-electron chi connectivity index (χ2n) is 8.74. The van der Waals surface area contributed by atoms with Crippen molar-refractivity contribution in [2.75, 3.05) is 0 Å². The van der Waals surface area contributed by atoms with Crippen molar-refractivity contribution in [1.29, 1.82) is 0 Å². The fraction of sp³-hybridized carbons (Fsp3) is 0.417. The zero-order valence-electron chi connectivity index (χ0n) is 18.2. The van der Waals surface area contributed by atoms with Crippen molar-refractivity contribution in [3.05, 3.63) is 54.4 Å². The lowest BCUT2D eigenvalue weighted by Crippen LogP contribution is -2.57. The third-order valence-electron chi connectivity index (χ3n) is 6.57. The number of rotatable bonds is 4. The van der Waals surface area contributed by atoms with E-state index < -0.39 is 54.1 Å². The number of alkyl halides is 5. The molecule has 2 heterocycles. The predicted molar refractivity (Wildman–Crippen MR) is 112 cm³/mol. The molecule has 10 heteroatoms. The number of para-hydroxylation sites is 1. The minimum Gasteiger partial charge on any atom is -0.460 e. The SMILES string of the molecule is C[C@H]1OC(=O)[C@]2(O)CC(F)(F)[C@@H](C)[C@H](/C=C/c3ccc(-c4ccccc4OC(F)(F)F)cn3)C12. The summed E-state index contributed by atoms with van der Waals surface area (Å²) in [5, 5.41) is 10.7. The fourth-order valence-corrected chi connectivity index (χ4v) is 4.88. The molecule has 34 heavy (non-hydrogen) atoms. The van der Waals surface area contributed by atoms with Crippen LogP contribution in [-0.2, 0) is 9.53 Å². The predicted octanol–water partition coefficient (Wildman–Crippen LogP) is 5.24. The van der Waals surface area contributed by atoms with E-state index in [1.54, 1.807) is 13.0 Å². The van der Waals surface area contributed by atoms with Crippen molar-refractivity contribution >= 4 is 12.0 Å². The minimum absolute atomic E-state index is 0.184. The van der Waals surface area contributed by atoms with Crippen LogP contribution in [0.3, 0.4) is 0 Å². The molecule has 1 saturated carbocycles. The van der Waals surface area contributed by atoms with Gasteiger partial charge in [0, 0.05) is 29.2 Å². The Morgan fingerprint density at radius 3 is 2.53 bits per heavy atom. The van der Waals surface area contributed by atoms with Crippen LogP contribution in [0.15, 0.2) is 48.7 Å². The van der Waals surface area contributed by atoms with Crippen LogP contribution in [0.1, 0.15) is 26.0 Å². The molecule has 0 radical (unpaired) electrons. The molecule has 182 valence electrons. The quantitative estimate of drug-likeness (QED) is 0.476. The van der Waals surface area contributed by atoms with Crippen LogP contribution in [0.5, 0.6) is 5.75 Å². The van der Waals surface area contributed by atoms with Gasteiger partial charge in [0.1, 0.15) is 11.9 Å². The van der Waals surface area contributed by atoms with Gasteiger partial charge in [0.15, 0.2) is 5.60 Å². The monoisotopic (exact) mass is 483 g/mol. The van der Waals surface area contributed by atoms with Crippen molar-refractivity contribution in [2.45, 2.75) is 44.3 Å². The molecule has 1 unspecified atom stereocenters. The Hall–Kier alpha value is -3.01. The molecular weight excluding hydrogens is 461 g/mol. The lowest BCUT2D eigenvalue weighted by molar-refractivity contribution is -0.274. The number of benzene rings is 1. The molecule has 1 aromatic heterocycles. The van der Waals surface area contributed by atoms with E-state index in [1.807, 2.05) is 0 Å². The summed E-state index contributed by atoms with van der Waals surface area (Å²) in [6, 6.07) is 8.67. The van der Waals surface area contributed by atoms with Gasteiger partial charge < -0.3 is 14.6 Å². The maximum absolute atomic E-state index is 14.6. The van der Waals surface area contributed by atoms with Gasteiger partial charge in [-0.25, -0.2) is 13.6 Å². The van der Waals surface area contributed by atoms with Gasteiger partial charge in [-0.1, -0.05) is 37.3 Å². The first-order valence-electron chi connectivity index (χ1n) is 10.6. The number of allylic oxidation sites excluding steroid dienone is 1. The van der Waals surface area contributed by atoms with E-state index in [0.717, 1.165) is 0 Å². The number of esters is 1. The van der Waals surface area contributed by atoms with E-state index in [4.69, 9.17) is 4.74 Å². The number of aliphatic hydroxyl groups is 1. The molecule has 1 aliphatic carbocycles. The molecule has 5 atom stereocenters. The Morgan fingerprint density at radius 2 is 1.88 bits per heavy atom. The number of hydrogen-bond acceptors (Lipinski definition) is 5. The Morgan fingerprint density at radius 1 is 1.18 bits per heavy atom. The van der Waals surface area contributed by atoms with E-state index >= 15 is 0 Å². The summed E-state index contributed by atoms with van der Waals surface area (Å²) in [6.45, 7) is 2.92. The molecule has 5 nitrogen and oxygen atoms in total. The number of carbonyl (C=O) groups is 1. The lowest BCUT2D eigenvalue weighted by Gasteiger charge is -2.45. The number of pyridine rings is 1.